The number of hydrogen-bond donors (Lipinski definition) is 1. The van der Waals surface area contributed by atoms with Crippen molar-refractivity contribution in [2.75, 3.05) is 33.4 Å². The van der Waals surface area contributed by atoms with Gasteiger partial charge in [-0.15, -0.1) is 0 Å². The Kier molecular flexibility index (Phi) is 3.86. The lowest BCUT2D eigenvalue weighted by Gasteiger charge is -2.34. The van der Waals surface area contributed by atoms with Crippen LogP contribution >= 0.6 is 0 Å². The summed E-state index contributed by atoms with van der Waals surface area (Å²) in [6.07, 6.45) is 0. The highest BCUT2D eigenvalue weighted by Gasteiger charge is 2.28. The fourth-order valence-corrected chi connectivity index (χ4v) is 1.79. The van der Waals surface area contributed by atoms with E-state index < -0.39 is 0 Å². The van der Waals surface area contributed by atoms with E-state index in [0.717, 1.165) is 31.2 Å². The van der Waals surface area contributed by atoms with Crippen molar-refractivity contribution in [3.05, 3.63) is 24.3 Å². The highest BCUT2D eigenvalue weighted by Crippen LogP contribution is 2.21. The molecule has 1 fully saturated rings. The van der Waals surface area contributed by atoms with Gasteiger partial charge in [-0.05, 0) is 19.1 Å². The maximum atomic E-state index is 5.75. The highest BCUT2D eigenvalue weighted by atomic mass is 16.5. The zero-order chi connectivity index (χ0) is 12.1. The number of hydrogen-bond acceptors (Lipinski definition) is 4. The van der Waals surface area contributed by atoms with E-state index in [1.807, 2.05) is 24.3 Å². The van der Waals surface area contributed by atoms with Crippen molar-refractivity contribution in [1.29, 1.82) is 0 Å². The lowest BCUT2D eigenvalue weighted by atomic mass is 10.1. The van der Waals surface area contributed by atoms with Gasteiger partial charge in [0.25, 0.3) is 0 Å². The van der Waals surface area contributed by atoms with Gasteiger partial charge in [-0.3, -0.25) is 0 Å². The van der Waals surface area contributed by atoms with Crippen LogP contribution in [0.5, 0.6) is 11.5 Å². The molecule has 17 heavy (non-hydrogen) atoms. The monoisotopic (exact) mass is 237 g/mol. The Morgan fingerprint density at radius 3 is 2.94 bits per heavy atom. The minimum absolute atomic E-state index is 0.249. The second kappa shape index (κ2) is 5.38. The first-order valence-electron chi connectivity index (χ1n) is 5.83. The topological polar surface area (TPSA) is 39.7 Å². The first kappa shape index (κ1) is 12.2. The van der Waals surface area contributed by atoms with Crippen LogP contribution in [0, 0.1) is 0 Å². The van der Waals surface area contributed by atoms with Gasteiger partial charge in [0.15, 0.2) is 0 Å². The molecule has 1 saturated heterocycles. The van der Waals surface area contributed by atoms with Crippen molar-refractivity contribution >= 4 is 0 Å². The molecule has 1 aliphatic rings. The molecule has 4 heteroatoms. The summed E-state index contributed by atoms with van der Waals surface area (Å²) >= 11 is 0. The third-order valence-electron chi connectivity index (χ3n) is 2.81. The number of morpholine rings is 1. The average molecular weight is 237 g/mol. The van der Waals surface area contributed by atoms with Crippen molar-refractivity contribution in [2.24, 2.45) is 0 Å². The zero-order valence-corrected chi connectivity index (χ0v) is 10.4. The van der Waals surface area contributed by atoms with Gasteiger partial charge in [0.05, 0.1) is 13.7 Å². The van der Waals surface area contributed by atoms with Crippen molar-refractivity contribution in [3.8, 4) is 11.5 Å². The van der Waals surface area contributed by atoms with Crippen LogP contribution in [0.3, 0.4) is 0 Å². The standard InChI is InChI=1S/C13H19NO3/c1-13(9-14-6-7-17-13)10-16-12-5-3-4-11(8-12)15-2/h3-5,8,14H,6-7,9-10H2,1-2H3. The van der Waals surface area contributed by atoms with Gasteiger partial charge in [-0.2, -0.15) is 0 Å². The Labute approximate surface area is 102 Å². The van der Waals surface area contributed by atoms with E-state index in [1.54, 1.807) is 7.11 Å². The minimum atomic E-state index is -0.249. The van der Waals surface area contributed by atoms with Crippen LogP contribution in [-0.2, 0) is 4.74 Å². The third kappa shape index (κ3) is 3.35. The van der Waals surface area contributed by atoms with Crippen LogP contribution in [-0.4, -0.2) is 39.0 Å². The van der Waals surface area contributed by atoms with Crippen LogP contribution in [0.4, 0.5) is 0 Å². The highest BCUT2D eigenvalue weighted by molar-refractivity contribution is 5.32. The Hall–Kier alpha value is -1.26. The average Bonchev–Trinajstić information content (AvgIpc) is 2.38. The van der Waals surface area contributed by atoms with Gasteiger partial charge < -0.3 is 19.5 Å². The third-order valence-corrected chi connectivity index (χ3v) is 2.81. The van der Waals surface area contributed by atoms with Crippen LogP contribution in [0.25, 0.3) is 0 Å². The second-order valence-corrected chi connectivity index (χ2v) is 4.44. The van der Waals surface area contributed by atoms with Gasteiger partial charge in [0.1, 0.15) is 23.7 Å². The van der Waals surface area contributed by atoms with Crippen LogP contribution in [0.1, 0.15) is 6.92 Å². The van der Waals surface area contributed by atoms with Crippen LogP contribution in [0.15, 0.2) is 24.3 Å². The molecule has 1 atom stereocenters. The van der Waals surface area contributed by atoms with Crippen molar-refractivity contribution < 1.29 is 14.2 Å². The molecule has 1 N–H and O–H groups in total. The van der Waals surface area contributed by atoms with E-state index in [1.165, 1.54) is 0 Å². The molecule has 0 spiro atoms. The number of ether oxygens (including phenoxy) is 3. The van der Waals surface area contributed by atoms with Gasteiger partial charge >= 0.3 is 0 Å². The number of rotatable bonds is 4. The SMILES string of the molecule is COc1cccc(OCC2(C)CNCCO2)c1. The molecule has 0 amide bonds. The number of benzene rings is 1. The fourth-order valence-electron chi connectivity index (χ4n) is 1.79. The van der Waals surface area contributed by atoms with E-state index in [0.29, 0.717) is 6.61 Å². The summed E-state index contributed by atoms with van der Waals surface area (Å²) in [6, 6.07) is 7.60. The molecule has 0 radical (unpaired) electrons. The molecular formula is C13H19NO3. The van der Waals surface area contributed by atoms with E-state index in [9.17, 15) is 0 Å². The molecule has 4 nitrogen and oxygen atoms in total. The van der Waals surface area contributed by atoms with E-state index in [-0.39, 0.29) is 5.60 Å². The van der Waals surface area contributed by atoms with Gasteiger partial charge in [-0.1, -0.05) is 6.07 Å². The Bertz CT molecular complexity index is 361. The Morgan fingerprint density at radius 2 is 2.24 bits per heavy atom. The molecule has 1 aliphatic heterocycles. The number of methoxy groups -OCH3 is 1. The molecule has 0 saturated carbocycles. The normalized spacial score (nSPS) is 24.4. The Morgan fingerprint density at radius 1 is 1.41 bits per heavy atom. The summed E-state index contributed by atoms with van der Waals surface area (Å²) in [4.78, 5) is 0. The largest absolute Gasteiger partial charge is 0.497 e. The molecule has 0 bridgehead atoms. The minimum Gasteiger partial charge on any atom is -0.497 e. The lowest BCUT2D eigenvalue weighted by Crippen LogP contribution is -2.51. The van der Waals surface area contributed by atoms with Crippen molar-refractivity contribution in [2.45, 2.75) is 12.5 Å². The summed E-state index contributed by atoms with van der Waals surface area (Å²) < 4.78 is 16.6. The first-order valence-corrected chi connectivity index (χ1v) is 5.83. The molecule has 1 aromatic carbocycles. The summed E-state index contributed by atoms with van der Waals surface area (Å²) in [7, 11) is 1.65. The summed E-state index contributed by atoms with van der Waals surface area (Å²) in [5, 5.41) is 3.30. The molecule has 94 valence electrons. The summed E-state index contributed by atoms with van der Waals surface area (Å²) in [5.74, 6) is 1.61. The van der Waals surface area contributed by atoms with Gasteiger partial charge in [-0.25, -0.2) is 0 Å². The molecule has 1 aromatic rings. The lowest BCUT2D eigenvalue weighted by molar-refractivity contribution is -0.0773. The first-order chi connectivity index (χ1) is 8.22. The molecule has 0 aliphatic carbocycles. The smallest absolute Gasteiger partial charge is 0.123 e. The molecule has 2 rings (SSSR count). The maximum absolute atomic E-state index is 5.75. The predicted octanol–water partition coefficient (Wildman–Crippen LogP) is 1.45. The summed E-state index contributed by atoms with van der Waals surface area (Å²) in [6.45, 7) is 5.05. The zero-order valence-electron chi connectivity index (χ0n) is 10.4. The van der Waals surface area contributed by atoms with Gasteiger partial charge in [0, 0.05) is 19.2 Å². The quantitative estimate of drug-likeness (QED) is 0.860. The molecule has 1 unspecified atom stereocenters. The predicted molar refractivity (Wildman–Crippen MR) is 65.7 cm³/mol. The Balaban J connectivity index is 1.92. The second-order valence-electron chi connectivity index (χ2n) is 4.44. The summed E-state index contributed by atoms with van der Waals surface area (Å²) in [5.41, 5.74) is -0.249. The van der Waals surface area contributed by atoms with Gasteiger partial charge in [0.2, 0.25) is 0 Å². The van der Waals surface area contributed by atoms with Crippen molar-refractivity contribution in [1.82, 2.24) is 5.32 Å². The molecule has 0 aromatic heterocycles. The maximum Gasteiger partial charge on any atom is 0.123 e. The van der Waals surface area contributed by atoms with Crippen LogP contribution in [0.2, 0.25) is 0 Å². The van der Waals surface area contributed by atoms with E-state index in [2.05, 4.69) is 12.2 Å². The fraction of sp³-hybridized carbons (Fsp3) is 0.538. The van der Waals surface area contributed by atoms with Crippen molar-refractivity contribution in [3.63, 3.8) is 0 Å². The molecule has 1 heterocycles. The molecular weight excluding hydrogens is 218 g/mol. The number of nitrogens with one attached hydrogen (secondary N) is 1. The van der Waals surface area contributed by atoms with Crippen LogP contribution < -0.4 is 14.8 Å². The van der Waals surface area contributed by atoms with E-state index in [4.69, 9.17) is 14.2 Å². The van der Waals surface area contributed by atoms with E-state index >= 15 is 0 Å².